The van der Waals surface area contributed by atoms with Crippen LogP contribution < -0.4 is 4.90 Å². The highest BCUT2D eigenvalue weighted by Gasteiger charge is 2.28. The zero-order valence-electron chi connectivity index (χ0n) is 13.1. The molecule has 23 heavy (non-hydrogen) atoms. The maximum atomic E-state index is 2.31. The highest BCUT2D eigenvalue weighted by molar-refractivity contribution is 7.99. The molecule has 0 bridgehead atoms. The molecule has 2 heteroatoms. The molecule has 0 fully saturated rings. The van der Waals surface area contributed by atoms with Crippen molar-refractivity contribution in [3.05, 3.63) is 95.6 Å². The van der Waals surface area contributed by atoms with Crippen LogP contribution in [0.5, 0.6) is 0 Å². The maximum Gasteiger partial charge on any atom is 0.0591 e. The molecule has 0 atom stereocenters. The Bertz CT molecular complexity index is 765. The van der Waals surface area contributed by atoms with Crippen molar-refractivity contribution in [3.63, 3.8) is 0 Å². The molecule has 0 unspecified atom stereocenters. The number of para-hydroxylation sites is 2. The van der Waals surface area contributed by atoms with Gasteiger partial charge in [0.2, 0.25) is 0 Å². The number of hydrogen-bond donors (Lipinski definition) is 0. The number of anilines is 2. The van der Waals surface area contributed by atoms with E-state index in [1.54, 1.807) is 0 Å². The van der Waals surface area contributed by atoms with E-state index in [-0.39, 0.29) is 0 Å². The van der Waals surface area contributed by atoms with Crippen LogP contribution in [0.15, 0.2) is 78.9 Å². The van der Waals surface area contributed by atoms with Gasteiger partial charge in [0.15, 0.2) is 0 Å². The number of hydrogen-bond acceptors (Lipinski definition) is 2. The van der Waals surface area contributed by atoms with Crippen molar-refractivity contribution in [2.45, 2.75) is 11.0 Å². The molecular formula is C21H19NS. The van der Waals surface area contributed by atoms with Crippen LogP contribution in [0.3, 0.4) is 0 Å². The lowest BCUT2D eigenvalue weighted by molar-refractivity contribution is 1.03. The molecule has 0 saturated carbocycles. The summed E-state index contributed by atoms with van der Waals surface area (Å²) in [5.74, 6) is 1.03. The molecule has 0 spiro atoms. The molecule has 0 aliphatic carbocycles. The second-order valence-corrected chi connectivity index (χ2v) is 6.95. The van der Waals surface area contributed by atoms with Gasteiger partial charge in [-0.2, -0.15) is 0 Å². The van der Waals surface area contributed by atoms with Gasteiger partial charge in [-0.1, -0.05) is 66.7 Å². The summed E-state index contributed by atoms with van der Waals surface area (Å²) in [5.41, 5.74) is 6.84. The van der Waals surface area contributed by atoms with Gasteiger partial charge in [-0.05, 0) is 28.8 Å². The molecule has 0 radical (unpaired) electrons. The van der Waals surface area contributed by atoms with Crippen molar-refractivity contribution in [1.29, 1.82) is 0 Å². The molecule has 0 aromatic heterocycles. The van der Waals surface area contributed by atoms with E-state index in [4.69, 9.17) is 0 Å². The largest absolute Gasteiger partial charge is 0.344 e. The summed E-state index contributed by atoms with van der Waals surface area (Å²) in [5, 5.41) is 0.388. The third-order valence-corrected chi connectivity index (χ3v) is 5.76. The second kappa shape index (κ2) is 6.13. The van der Waals surface area contributed by atoms with E-state index in [0.717, 1.165) is 5.75 Å². The van der Waals surface area contributed by atoms with E-state index < -0.39 is 0 Å². The molecular weight excluding hydrogens is 298 g/mol. The van der Waals surface area contributed by atoms with Crippen molar-refractivity contribution in [2.24, 2.45) is 0 Å². The third-order valence-electron chi connectivity index (χ3n) is 4.42. The maximum absolute atomic E-state index is 2.31. The minimum atomic E-state index is 0.388. The van der Waals surface area contributed by atoms with Crippen molar-refractivity contribution >= 4 is 23.1 Å². The SMILES string of the molecule is CN1c2ccccc2C(SCc2ccccc2)c2ccccc21. The van der Waals surface area contributed by atoms with Gasteiger partial charge in [0, 0.05) is 24.2 Å². The van der Waals surface area contributed by atoms with Crippen molar-refractivity contribution < 1.29 is 0 Å². The Hall–Kier alpha value is -2.19. The minimum absolute atomic E-state index is 0.388. The smallest absolute Gasteiger partial charge is 0.0591 e. The summed E-state index contributed by atoms with van der Waals surface area (Å²) >= 11 is 2.01. The number of thioether (sulfide) groups is 1. The predicted octanol–water partition coefficient (Wildman–Crippen LogP) is 5.79. The summed E-state index contributed by atoms with van der Waals surface area (Å²) in [6.45, 7) is 0. The van der Waals surface area contributed by atoms with Crippen molar-refractivity contribution in [2.75, 3.05) is 11.9 Å². The minimum Gasteiger partial charge on any atom is -0.344 e. The summed E-state index contributed by atoms with van der Waals surface area (Å²) in [4.78, 5) is 2.31. The monoisotopic (exact) mass is 317 g/mol. The number of benzene rings is 3. The Morgan fingerprint density at radius 1 is 0.739 bits per heavy atom. The quantitative estimate of drug-likeness (QED) is 0.601. The first-order valence-corrected chi connectivity index (χ1v) is 8.96. The van der Waals surface area contributed by atoms with Gasteiger partial charge in [-0.3, -0.25) is 0 Å². The molecule has 0 amide bonds. The first-order valence-electron chi connectivity index (χ1n) is 7.92. The van der Waals surface area contributed by atoms with E-state index in [1.165, 1.54) is 28.1 Å². The predicted molar refractivity (Wildman–Crippen MR) is 101 cm³/mol. The Morgan fingerprint density at radius 3 is 1.87 bits per heavy atom. The van der Waals surface area contributed by atoms with Crippen LogP contribution in [0.25, 0.3) is 0 Å². The topological polar surface area (TPSA) is 3.24 Å². The standard InChI is InChI=1S/C21H19NS/c1-22-19-13-7-5-11-17(19)21(18-12-6-8-14-20(18)22)23-15-16-9-3-2-4-10-16/h2-14,21H,15H2,1H3. The van der Waals surface area contributed by atoms with Gasteiger partial charge >= 0.3 is 0 Å². The fourth-order valence-corrected chi connectivity index (χ4v) is 4.57. The van der Waals surface area contributed by atoms with Crippen molar-refractivity contribution in [3.8, 4) is 0 Å². The third kappa shape index (κ3) is 2.64. The Morgan fingerprint density at radius 2 is 1.26 bits per heavy atom. The number of fused-ring (bicyclic) bond motifs is 2. The van der Waals surface area contributed by atoms with Gasteiger partial charge in [0.1, 0.15) is 0 Å². The van der Waals surface area contributed by atoms with Gasteiger partial charge < -0.3 is 4.90 Å². The lowest BCUT2D eigenvalue weighted by Crippen LogP contribution is -2.20. The van der Waals surface area contributed by atoms with E-state index in [9.17, 15) is 0 Å². The average Bonchev–Trinajstić information content (AvgIpc) is 2.63. The lowest BCUT2D eigenvalue weighted by Gasteiger charge is -2.35. The molecule has 3 aromatic rings. The van der Waals surface area contributed by atoms with Crippen LogP contribution >= 0.6 is 11.8 Å². The van der Waals surface area contributed by atoms with Gasteiger partial charge in [-0.25, -0.2) is 0 Å². The highest BCUT2D eigenvalue weighted by Crippen LogP contribution is 2.50. The Kier molecular flexibility index (Phi) is 3.84. The summed E-state index contributed by atoms with van der Waals surface area (Å²) < 4.78 is 0. The van der Waals surface area contributed by atoms with Crippen LogP contribution in [0, 0.1) is 0 Å². The number of nitrogens with zero attached hydrogens (tertiary/aromatic N) is 1. The zero-order valence-corrected chi connectivity index (χ0v) is 14.0. The molecule has 0 saturated heterocycles. The molecule has 114 valence electrons. The van der Waals surface area contributed by atoms with Crippen LogP contribution in [0.1, 0.15) is 21.9 Å². The fourth-order valence-electron chi connectivity index (χ4n) is 3.26. The molecule has 1 nitrogen and oxygen atoms in total. The van der Waals surface area contributed by atoms with Gasteiger partial charge in [0.25, 0.3) is 0 Å². The molecule has 3 aromatic carbocycles. The molecule has 4 rings (SSSR count). The average molecular weight is 317 g/mol. The van der Waals surface area contributed by atoms with Crippen molar-refractivity contribution in [1.82, 2.24) is 0 Å². The first kappa shape index (κ1) is 14.4. The van der Waals surface area contributed by atoms with Crippen LogP contribution in [-0.2, 0) is 5.75 Å². The highest BCUT2D eigenvalue weighted by atomic mass is 32.2. The normalized spacial score (nSPS) is 13.5. The van der Waals surface area contributed by atoms with Crippen LogP contribution in [0.2, 0.25) is 0 Å². The first-order chi connectivity index (χ1) is 11.3. The molecule has 0 N–H and O–H groups in total. The second-order valence-electron chi connectivity index (χ2n) is 5.85. The van der Waals surface area contributed by atoms with Gasteiger partial charge in [-0.15, -0.1) is 11.8 Å². The van der Waals surface area contributed by atoms with E-state index in [1.807, 2.05) is 11.8 Å². The number of rotatable bonds is 3. The summed E-state index contributed by atoms with van der Waals surface area (Å²) in [6, 6.07) is 28.3. The van der Waals surface area contributed by atoms with Crippen LogP contribution in [0.4, 0.5) is 11.4 Å². The lowest BCUT2D eigenvalue weighted by atomic mass is 9.95. The van der Waals surface area contributed by atoms with E-state index in [0.29, 0.717) is 5.25 Å². The Labute approximate surface area is 142 Å². The molecule has 1 aliphatic rings. The molecule has 1 heterocycles. The van der Waals surface area contributed by atoms with Crippen LogP contribution in [-0.4, -0.2) is 7.05 Å². The molecule has 1 aliphatic heterocycles. The Balaban J connectivity index is 1.72. The summed E-state index contributed by atoms with van der Waals surface area (Å²) in [7, 11) is 2.16. The summed E-state index contributed by atoms with van der Waals surface area (Å²) in [6.07, 6.45) is 0. The fraction of sp³-hybridized carbons (Fsp3) is 0.143. The van der Waals surface area contributed by atoms with E-state index >= 15 is 0 Å². The zero-order chi connectivity index (χ0) is 15.6. The van der Waals surface area contributed by atoms with Gasteiger partial charge in [0.05, 0.1) is 5.25 Å². The van der Waals surface area contributed by atoms with E-state index in [2.05, 4.69) is 90.8 Å².